The lowest BCUT2D eigenvalue weighted by atomic mass is 10.2. The summed E-state index contributed by atoms with van der Waals surface area (Å²) in [4.78, 5) is 11.6. The maximum Gasteiger partial charge on any atom is 0.248 e. The van der Waals surface area contributed by atoms with E-state index in [2.05, 4.69) is 11.4 Å². The summed E-state index contributed by atoms with van der Waals surface area (Å²) in [7, 11) is 0. The highest BCUT2D eigenvalue weighted by Crippen LogP contribution is 2.27. The summed E-state index contributed by atoms with van der Waals surface area (Å²) in [6.45, 7) is 1.99. The van der Waals surface area contributed by atoms with Gasteiger partial charge < -0.3 is 16.2 Å². The second-order valence-electron chi connectivity index (χ2n) is 3.52. The van der Waals surface area contributed by atoms with Crippen LogP contribution in [0.15, 0.2) is 23.1 Å². The molecule has 4 N–H and O–H groups in total. The van der Waals surface area contributed by atoms with Crippen LogP contribution in [0.2, 0.25) is 0 Å². The van der Waals surface area contributed by atoms with Gasteiger partial charge in [0.1, 0.15) is 12.2 Å². The molecule has 0 aliphatic rings. The Kier molecular flexibility index (Phi) is 5.49. The molecule has 1 atom stereocenters. The van der Waals surface area contributed by atoms with Crippen molar-refractivity contribution in [1.29, 1.82) is 5.26 Å². The average Bonchev–Trinajstić information content (AvgIpc) is 2.36. The van der Waals surface area contributed by atoms with Crippen molar-refractivity contribution in [2.45, 2.75) is 17.9 Å². The molecule has 0 radical (unpaired) electrons. The summed E-state index contributed by atoms with van der Waals surface area (Å²) in [5.41, 5.74) is 6.06. The molecule has 96 valence electrons. The molecule has 1 aromatic rings. The Hall–Kier alpha value is -1.71. The molecule has 0 spiro atoms. The van der Waals surface area contributed by atoms with Gasteiger partial charge in [-0.2, -0.15) is 5.26 Å². The number of nitrogens with zero attached hydrogens (tertiary/aromatic N) is 1. The van der Waals surface area contributed by atoms with Gasteiger partial charge in [-0.25, -0.2) is 0 Å². The predicted molar refractivity (Wildman–Crippen MR) is 71.2 cm³/mol. The number of carbonyl (C=O) groups is 1. The molecule has 0 saturated heterocycles. The van der Waals surface area contributed by atoms with Gasteiger partial charge >= 0.3 is 0 Å². The van der Waals surface area contributed by atoms with Crippen LogP contribution in [0.4, 0.5) is 5.69 Å². The number of aliphatic hydroxyl groups excluding tert-OH is 1. The van der Waals surface area contributed by atoms with Gasteiger partial charge in [0.05, 0.1) is 11.3 Å². The Bertz CT molecular complexity index is 471. The first-order valence-electron chi connectivity index (χ1n) is 5.47. The van der Waals surface area contributed by atoms with Crippen molar-refractivity contribution in [3.05, 3.63) is 23.8 Å². The molecule has 1 rings (SSSR count). The van der Waals surface area contributed by atoms with Crippen molar-refractivity contribution < 1.29 is 9.90 Å². The first-order chi connectivity index (χ1) is 8.60. The molecule has 0 aromatic heterocycles. The monoisotopic (exact) mass is 265 g/mol. The van der Waals surface area contributed by atoms with E-state index >= 15 is 0 Å². The lowest BCUT2D eigenvalue weighted by molar-refractivity contribution is -0.125. The quantitative estimate of drug-likeness (QED) is 0.664. The Morgan fingerprint density at radius 2 is 2.39 bits per heavy atom. The second kappa shape index (κ2) is 6.89. The van der Waals surface area contributed by atoms with Crippen molar-refractivity contribution in [3.63, 3.8) is 0 Å². The predicted octanol–water partition coefficient (Wildman–Crippen LogP) is 0.928. The third kappa shape index (κ3) is 3.65. The number of benzene rings is 1. The van der Waals surface area contributed by atoms with E-state index < -0.39 is 12.0 Å². The molecule has 6 heteroatoms. The summed E-state index contributed by atoms with van der Waals surface area (Å²) in [6, 6.07) is 7.53. The molecule has 0 saturated carbocycles. The number of aliphatic hydroxyl groups is 1. The van der Waals surface area contributed by atoms with E-state index in [1.807, 2.05) is 19.1 Å². The van der Waals surface area contributed by atoms with E-state index in [4.69, 9.17) is 11.0 Å². The number of primary amides is 1. The van der Waals surface area contributed by atoms with Crippen LogP contribution in [0.1, 0.15) is 12.5 Å². The largest absolute Gasteiger partial charge is 0.381 e. The standard InChI is InChI=1S/C12H15N3O2S/c1-2-18-11-5-3-4-9(8(11)6-13)15-7-10(16)12(14)17/h3-5,10,15-16H,2,7H2,1H3,(H2,14,17). The van der Waals surface area contributed by atoms with Crippen LogP contribution in [-0.4, -0.2) is 29.4 Å². The number of anilines is 1. The molecule has 0 aliphatic heterocycles. The van der Waals surface area contributed by atoms with Crippen LogP contribution in [0.3, 0.4) is 0 Å². The van der Waals surface area contributed by atoms with Crippen LogP contribution in [0.25, 0.3) is 0 Å². The lowest BCUT2D eigenvalue weighted by Crippen LogP contribution is -2.34. The van der Waals surface area contributed by atoms with E-state index in [1.54, 1.807) is 17.8 Å². The smallest absolute Gasteiger partial charge is 0.248 e. The summed E-state index contributed by atoms with van der Waals surface area (Å²) in [6.07, 6.45) is -1.26. The van der Waals surface area contributed by atoms with Crippen molar-refractivity contribution in [2.75, 3.05) is 17.6 Å². The Labute approximate surface area is 110 Å². The third-order valence-electron chi connectivity index (χ3n) is 2.25. The van der Waals surface area contributed by atoms with Crippen molar-refractivity contribution in [2.24, 2.45) is 5.73 Å². The molecule has 1 amide bonds. The SMILES string of the molecule is CCSc1cccc(NCC(O)C(N)=O)c1C#N. The van der Waals surface area contributed by atoms with Crippen LogP contribution in [0.5, 0.6) is 0 Å². The lowest BCUT2D eigenvalue weighted by Gasteiger charge is -2.12. The molecular formula is C12H15N3O2S. The molecule has 1 unspecified atom stereocenters. The van der Waals surface area contributed by atoms with Gasteiger partial charge in [0, 0.05) is 11.4 Å². The first kappa shape index (κ1) is 14.4. The minimum Gasteiger partial charge on any atom is -0.381 e. The van der Waals surface area contributed by atoms with Gasteiger partial charge in [-0.05, 0) is 17.9 Å². The molecular weight excluding hydrogens is 250 g/mol. The van der Waals surface area contributed by atoms with Gasteiger partial charge in [-0.1, -0.05) is 13.0 Å². The van der Waals surface area contributed by atoms with E-state index in [9.17, 15) is 9.90 Å². The van der Waals surface area contributed by atoms with Crippen LogP contribution < -0.4 is 11.1 Å². The van der Waals surface area contributed by atoms with Gasteiger partial charge in [0.2, 0.25) is 5.91 Å². The fraction of sp³-hybridized carbons (Fsp3) is 0.333. The fourth-order valence-corrected chi connectivity index (χ4v) is 2.16. The summed E-state index contributed by atoms with van der Waals surface area (Å²) in [5.74, 6) is 0.0716. The molecule has 0 fully saturated rings. The minimum absolute atomic E-state index is 0.00966. The molecule has 0 aliphatic carbocycles. The topological polar surface area (TPSA) is 99.1 Å². The summed E-state index contributed by atoms with van der Waals surface area (Å²) in [5, 5.41) is 21.3. The zero-order valence-corrected chi connectivity index (χ0v) is 10.8. The van der Waals surface area contributed by atoms with Crippen LogP contribution in [-0.2, 0) is 4.79 Å². The average molecular weight is 265 g/mol. The van der Waals surface area contributed by atoms with E-state index in [0.29, 0.717) is 11.3 Å². The summed E-state index contributed by atoms with van der Waals surface area (Å²) < 4.78 is 0. The molecule has 18 heavy (non-hydrogen) atoms. The molecule has 1 aromatic carbocycles. The van der Waals surface area contributed by atoms with Crippen molar-refractivity contribution in [1.82, 2.24) is 0 Å². The number of hydrogen-bond acceptors (Lipinski definition) is 5. The zero-order chi connectivity index (χ0) is 13.5. The van der Waals surface area contributed by atoms with E-state index in [-0.39, 0.29) is 6.54 Å². The fourth-order valence-electron chi connectivity index (χ4n) is 1.38. The number of hydrogen-bond donors (Lipinski definition) is 3. The van der Waals surface area contributed by atoms with Gasteiger partial charge in [0.25, 0.3) is 0 Å². The third-order valence-corrected chi connectivity index (χ3v) is 3.19. The number of rotatable bonds is 6. The maximum absolute atomic E-state index is 10.7. The molecule has 0 heterocycles. The highest BCUT2D eigenvalue weighted by Gasteiger charge is 2.12. The van der Waals surface area contributed by atoms with Gasteiger partial charge in [-0.15, -0.1) is 11.8 Å². The number of carbonyl (C=O) groups excluding carboxylic acids is 1. The number of nitriles is 1. The van der Waals surface area contributed by atoms with Gasteiger partial charge in [0.15, 0.2) is 0 Å². The second-order valence-corrected chi connectivity index (χ2v) is 4.83. The van der Waals surface area contributed by atoms with Crippen LogP contribution in [0, 0.1) is 11.3 Å². The first-order valence-corrected chi connectivity index (χ1v) is 6.45. The summed E-state index contributed by atoms with van der Waals surface area (Å²) >= 11 is 1.56. The minimum atomic E-state index is -1.26. The van der Waals surface area contributed by atoms with Crippen molar-refractivity contribution in [3.8, 4) is 6.07 Å². The highest BCUT2D eigenvalue weighted by molar-refractivity contribution is 7.99. The molecule has 0 bridgehead atoms. The number of nitrogens with one attached hydrogen (secondary N) is 1. The molecule has 5 nitrogen and oxygen atoms in total. The van der Waals surface area contributed by atoms with E-state index in [0.717, 1.165) is 10.6 Å². The van der Waals surface area contributed by atoms with Crippen molar-refractivity contribution >= 4 is 23.4 Å². The van der Waals surface area contributed by atoms with E-state index in [1.165, 1.54) is 0 Å². The number of thioether (sulfide) groups is 1. The maximum atomic E-state index is 10.7. The number of amides is 1. The zero-order valence-electron chi connectivity index (χ0n) is 10.0. The van der Waals surface area contributed by atoms with Crippen LogP contribution >= 0.6 is 11.8 Å². The highest BCUT2D eigenvalue weighted by atomic mass is 32.2. The Morgan fingerprint density at radius 1 is 1.67 bits per heavy atom. The Morgan fingerprint density at radius 3 is 2.94 bits per heavy atom. The normalized spacial score (nSPS) is 11.6. The number of nitrogens with two attached hydrogens (primary N) is 1. The Balaban J connectivity index is 2.86. The van der Waals surface area contributed by atoms with Gasteiger partial charge in [-0.3, -0.25) is 4.79 Å².